The Labute approximate surface area is 124 Å². The first kappa shape index (κ1) is 15.5. The Morgan fingerprint density at radius 3 is 2.70 bits per heavy atom. The van der Waals surface area contributed by atoms with Gasteiger partial charge >= 0.3 is 0 Å². The number of hydrogen-bond donors (Lipinski definition) is 1. The standard InChI is InChI=1S/C18H30N2/c1-5-17(19)18(16-8-6-7-13(2)12-16)20-10-9-14(3)11-15(20)4/h6-8,12,14-15,17-18H,5,9-11,19H2,1-4H3. The Hall–Kier alpha value is -0.860. The number of benzene rings is 1. The lowest BCUT2D eigenvalue weighted by Gasteiger charge is -2.44. The zero-order chi connectivity index (χ0) is 14.7. The SMILES string of the molecule is CCC(N)C(c1cccc(C)c1)N1CCC(C)CC1C. The van der Waals surface area contributed by atoms with Crippen LogP contribution in [0.5, 0.6) is 0 Å². The Bertz CT molecular complexity index is 429. The van der Waals surface area contributed by atoms with Crippen LogP contribution in [-0.2, 0) is 0 Å². The lowest BCUT2D eigenvalue weighted by molar-refractivity contribution is 0.0672. The largest absolute Gasteiger partial charge is 0.326 e. The van der Waals surface area contributed by atoms with Gasteiger partial charge in [-0.25, -0.2) is 0 Å². The highest BCUT2D eigenvalue weighted by Gasteiger charge is 2.32. The smallest absolute Gasteiger partial charge is 0.0501 e. The maximum Gasteiger partial charge on any atom is 0.0501 e. The average Bonchev–Trinajstić information content (AvgIpc) is 2.41. The Kier molecular flexibility index (Phi) is 5.22. The van der Waals surface area contributed by atoms with E-state index in [9.17, 15) is 0 Å². The molecule has 0 aromatic heterocycles. The fourth-order valence-corrected chi connectivity index (χ4v) is 3.60. The van der Waals surface area contributed by atoms with Crippen molar-refractivity contribution in [3.8, 4) is 0 Å². The number of piperidine rings is 1. The lowest BCUT2D eigenvalue weighted by Crippen LogP contribution is -2.48. The van der Waals surface area contributed by atoms with Crippen molar-refractivity contribution >= 4 is 0 Å². The molecule has 4 unspecified atom stereocenters. The van der Waals surface area contributed by atoms with Crippen LogP contribution in [0.25, 0.3) is 0 Å². The number of rotatable bonds is 4. The summed E-state index contributed by atoms with van der Waals surface area (Å²) >= 11 is 0. The van der Waals surface area contributed by atoms with Crippen LogP contribution in [0.2, 0.25) is 0 Å². The molecule has 0 bridgehead atoms. The lowest BCUT2D eigenvalue weighted by atomic mass is 9.87. The molecule has 4 atom stereocenters. The topological polar surface area (TPSA) is 29.3 Å². The van der Waals surface area contributed by atoms with Gasteiger partial charge in [-0.05, 0) is 51.1 Å². The third-order valence-electron chi connectivity index (χ3n) is 4.81. The van der Waals surface area contributed by atoms with Gasteiger partial charge in [0.1, 0.15) is 0 Å². The summed E-state index contributed by atoms with van der Waals surface area (Å²) < 4.78 is 0. The van der Waals surface area contributed by atoms with Gasteiger partial charge in [0.25, 0.3) is 0 Å². The fourth-order valence-electron chi connectivity index (χ4n) is 3.60. The molecule has 20 heavy (non-hydrogen) atoms. The Morgan fingerprint density at radius 2 is 2.10 bits per heavy atom. The predicted molar refractivity (Wildman–Crippen MR) is 86.8 cm³/mol. The summed E-state index contributed by atoms with van der Waals surface area (Å²) in [5.74, 6) is 0.845. The first-order valence-electron chi connectivity index (χ1n) is 8.10. The van der Waals surface area contributed by atoms with Crippen LogP contribution in [0.1, 0.15) is 57.2 Å². The molecule has 2 N–H and O–H groups in total. The van der Waals surface area contributed by atoms with E-state index < -0.39 is 0 Å². The molecule has 0 saturated carbocycles. The van der Waals surface area contributed by atoms with Crippen LogP contribution in [0, 0.1) is 12.8 Å². The molecule has 0 spiro atoms. The molecule has 1 aliphatic rings. The minimum Gasteiger partial charge on any atom is -0.326 e. The van der Waals surface area contributed by atoms with Gasteiger partial charge in [0.15, 0.2) is 0 Å². The van der Waals surface area contributed by atoms with Gasteiger partial charge in [-0.15, -0.1) is 0 Å². The molecule has 1 saturated heterocycles. The number of likely N-dealkylation sites (tertiary alicyclic amines) is 1. The van der Waals surface area contributed by atoms with Crippen molar-refractivity contribution in [1.82, 2.24) is 4.90 Å². The first-order valence-corrected chi connectivity index (χ1v) is 8.10. The fraction of sp³-hybridized carbons (Fsp3) is 0.667. The molecule has 2 nitrogen and oxygen atoms in total. The van der Waals surface area contributed by atoms with Crippen molar-refractivity contribution in [1.29, 1.82) is 0 Å². The van der Waals surface area contributed by atoms with Crippen molar-refractivity contribution in [3.05, 3.63) is 35.4 Å². The number of aryl methyl sites for hydroxylation is 1. The van der Waals surface area contributed by atoms with Crippen LogP contribution in [0.4, 0.5) is 0 Å². The van der Waals surface area contributed by atoms with Crippen molar-refractivity contribution in [2.75, 3.05) is 6.54 Å². The van der Waals surface area contributed by atoms with Gasteiger partial charge in [-0.3, -0.25) is 4.90 Å². The summed E-state index contributed by atoms with van der Waals surface area (Å²) in [6.45, 7) is 10.3. The van der Waals surface area contributed by atoms with E-state index in [1.807, 2.05) is 0 Å². The summed E-state index contributed by atoms with van der Waals surface area (Å²) in [6, 6.07) is 10.1. The van der Waals surface area contributed by atoms with Gasteiger partial charge in [0, 0.05) is 12.1 Å². The summed E-state index contributed by atoms with van der Waals surface area (Å²) in [6.07, 6.45) is 3.61. The third-order valence-corrected chi connectivity index (χ3v) is 4.81. The quantitative estimate of drug-likeness (QED) is 0.902. The van der Waals surface area contributed by atoms with E-state index >= 15 is 0 Å². The van der Waals surface area contributed by atoms with Gasteiger partial charge in [0.05, 0.1) is 6.04 Å². The highest BCUT2D eigenvalue weighted by atomic mass is 15.2. The molecule has 0 radical (unpaired) electrons. The van der Waals surface area contributed by atoms with Crippen LogP contribution < -0.4 is 5.73 Å². The Balaban J connectivity index is 2.28. The van der Waals surface area contributed by atoms with E-state index in [-0.39, 0.29) is 6.04 Å². The predicted octanol–water partition coefficient (Wildman–Crippen LogP) is 3.89. The first-order chi connectivity index (χ1) is 9.52. The Morgan fingerprint density at radius 1 is 1.35 bits per heavy atom. The molecule has 1 heterocycles. The number of nitrogens with zero attached hydrogens (tertiary/aromatic N) is 1. The minimum atomic E-state index is 0.215. The molecule has 1 aromatic carbocycles. The van der Waals surface area contributed by atoms with E-state index in [4.69, 9.17) is 5.73 Å². The van der Waals surface area contributed by atoms with E-state index in [0.29, 0.717) is 12.1 Å². The van der Waals surface area contributed by atoms with Crippen molar-refractivity contribution < 1.29 is 0 Å². The molecule has 1 fully saturated rings. The van der Waals surface area contributed by atoms with Crippen LogP contribution in [0.15, 0.2) is 24.3 Å². The average molecular weight is 274 g/mol. The van der Waals surface area contributed by atoms with E-state index in [1.54, 1.807) is 0 Å². The summed E-state index contributed by atoms with van der Waals surface area (Å²) in [7, 11) is 0. The van der Waals surface area contributed by atoms with Gasteiger partial charge in [0.2, 0.25) is 0 Å². The molecule has 1 aromatic rings. The maximum atomic E-state index is 6.49. The molecule has 0 aliphatic carbocycles. The second-order valence-corrected chi connectivity index (χ2v) is 6.65. The normalized spacial score (nSPS) is 27.2. The molecule has 112 valence electrons. The molecule has 0 amide bonds. The van der Waals surface area contributed by atoms with Crippen molar-refractivity contribution in [2.24, 2.45) is 11.7 Å². The summed E-state index contributed by atoms with van der Waals surface area (Å²) in [5, 5.41) is 0. The molecule has 2 rings (SSSR count). The molecular weight excluding hydrogens is 244 g/mol. The zero-order valence-electron chi connectivity index (χ0n) is 13.5. The number of hydrogen-bond acceptors (Lipinski definition) is 2. The molecule has 1 aliphatic heterocycles. The van der Waals surface area contributed by atoms with Gasteiger partial charge in [-0.1, -0.05) is 43.7 Å². The highest BCUT2D eigenvalue weighted by Crippen LogP contribution is 2.33. The highest BCUT2D eigenvalue weighted by molar-refractivity contribution is 5.26. The second kappa shape index (κ2) is 6.73. The number of nitrogens with two attached hydrogens (primary N) is 1. The summed E-state index contributed by atoms with van der Waals surface area (Å²) in [4.78, 5) is 2.64. The molecular formula is C18H30N2. The maximum absolute atomic E-state index is 6.49. The van der Waals surface area contributed by atoms with Crippen molar-refractivity contribution in [3.63, 3.8) is 0 Å². The second-order valence-electron chi connectivity index (χ2n) is 6.65. The van der Waals surface area contributed by atoms with Crippen molar-refractivity contribution in [2.45, 2.75) is 65.1 Å². The minimum absolute atomic E-state index is 0.215. The van der Waals surface area contributed by atoms with Gasteiger partial charge in [-0.2, -0.15) is 0 Å². The van der Waals surface area contributed by atoms with Gasteiger partial charge < -0.3 is 5.73 Å². The molecule has 2 heteroatoms. The monoisotopic (exact) mass is 274 g/mol. The van der Waals surface area contributed by atoms with Crippen LogP contribution >= 0.6 is 0 Å². The summed E-state index contributed by atoms with van der Waals surface area (Å²) in [5.41, 5.74) is 9.20. The van der Waals surface area contributed by atoms with E-state index in [2.05, 4.69) is 56.9 Å². The van der Waals surface area contributed by atoms with Crippen LogP contribution in [-0.4, -0.2) is 23.5 Å². The van der Waals surface area contributed by atoms with E-state index in [1.165, 1.54) is 30.5 Å². The zero-order valence-corrected chi connectivity index (χ0v) is 13.5. The van der Waals surface area contributed by atoms with E-state index in [0.717, 1.165) is 12.3 Å². The van der Waals surface area contributed by atoms with Crippen LogP contribution in [0.3, 0.4) is 0 Å². The third kappa shape index (κ3) is 3.42.